The van der Waals surface area contributed by atoms with Crippen LogP contribution in [-0.4, -0.2) is 20.0 Å². The first-order valence-corrected chi connectivity index (χ1v) is 6.58. The van der Waals surface area contributed by atoms with Crippen molar-refractivity contribution in [3.05, 3.63) is 57.8 Å². The van der Waals surface area contributed by atoms with Gasteiger partial charge in [0.15, 0.2) is 5.78 Å². The van der Waals surface area contributed by atoms with Crippen LogP contribution in [0.2, 0.25) is 0 Å². The van der Waals surface area contributed by atoms with E-state index in [4.69, 9.17) is 9.47 Å². The summed E-state index contributed by atoms with van der Waals surface area (Å²) < 4.78 is 24.1. The Morgan fingerprint density at radius 1 is 1.15 bits per heavy atom. The summed E-state index contributed by atoms with van der Waals surface area (Å²) in [6, 6.07) is 8.80. The van der Waals surface area contributed by atoms with Gasteiger partial charge in [-0.15, -0.1) is 0 Å². The van der Waals surface area contributed by atoms with Gasteiger partial charge < -0.3 is 9.47 Å². The summed E-state index contributed by atoms with van der Waals surface area (Å²) in [7, 11) is 2.98. The van der Waals surface area contributed by atoms with E-state index in [1.165, 1.54) is 32.4 Å². The number of hydrogen-bond donors (Lipinski definition) is 0. The maximum Gasteiger partial charge on any atom is 0.198 e. The molecule has 0 amide bonds. The molecule has 0 aliphatic heterocycles. The van der Waals surface area contributed by atoms with Crippen LogP contribution in [0.5, 0.6) is 11.5 Å². The number of ether oxygens (including phenoxy) is 2. The van der Waals surface area contributed by atoms with E-state index < -0.39 is 5.82 Å². The van der Waals surface area contributed by atoms with Crippen LogP contribution in [0.3, 0.4) is 0 Å². The Morgan fingerprint density at radius 3 is 2.50 bits per heavy atom. The number of hydrogen-bond acceptors (Lipinski definition) is 3. The Morgan fingerprint density at radius 2 is 1.90 bits per heavy atom. The Kier molecular flexibility index (Phi) is 4.39. The molecule has 2 rings (SSSR count). The normalized spacial score (nSPS) is 10.2. The summed E-state index contributed by atoms with van der Waals surface area (Å²) in [5.74, 6) is 0.144. The van der Waals surface area contributed by atoms with Crippen molar-refractivity contribution >= 4 is 21.7 Å². The highest BCUT2D eigenvalue weighted by atomic mass is 79.9. The molecular weight excluding hydrogens is 327 g/mol. The van der Waals surface area contributed by atoms with E-state index in [0.29, 0.717) is 21.5 Å². The molecule has 0 atom stereocenters. The van der Waals surface area contributed by atoms with Gasteiger partial charge in [-0.25, -0.2) is 4.39 Å². The Hall–Kier alpha value is -1.88. The Labute approximate surface area is 124 Å². The molecule has 0 heterocycles. The molecule has 0 fully saturated rings. The molecule has 0 aliphatic rings. The van der Waals surface area contributed by atoms with Gasteiger partial charge in [-0.2, -0.15) is 0 Å². The summed E-state index contributed by atoms with van der Waals surface area (Å²) in [5, 5.41) is 0. The Bertz CT molecular complexity index is 656. The van der Waals surface area contributed by atoms with E-state index in [1.54, 1.807) is 18.2 Å². The van der Waals surface area contributed by atoms with E-state index in [9.17, 15) is 9.18 Å². The molecule has 2 aromatic carbocycles. The first-order valence-electron chi connectivity index (χ1n) is 5.78. The fraction of sp³-hybridized carbons (Fsp3) is 0.133. The molecule has 104 valence electrons. The fourth-order valence-electron chi connectivity index (χ4n) is 1.83. The average molecular weight is 339 g/mol. The van der Waals surface area contributed by atoms with Gasteiger partial charge >= 0.3 is 0 Å². The highest BCUT2D eigenvalue weighted by molar-refractivity contribution is 9.10. The van der Waals surface area contributed by atoms with E-state index in [2.05, 4.69) is 15.9 Å². The van der Waals surface area contributed by atoms with Crippen LogP contribution in [0.4, 0.5) is 4.39 Å². The van der Waals surface area contributed by atoms with E-state index in [-0.39, 0.29) is 11.3 Å². The van der Waals surface area contributed by atoms with Gasteiger partial charge in [-0.3, -0.25) is 4.79 Å². The smallest absolute Gasteiger partial charge is 0.198 e. The summed E-state index contributed by atoms with van der Waals surface area (Å²) in [5.41, 5.74) is 0.591. The third kappa shape index (κ3) is 2.82. The number of carbonyl (C=O) groups excluding carboxylic acids is 1. The van der Waals surface area contributed by atoms with Crippen molar-refractivity contribution in [2.75, 3.05) is 14.2 Å². The van der Waals surface area contributed by atoms with Crippen LogP contribution >= 0.6 is 15.9 Å². The van der Waals surface area contributed by atoms with Gasteiger partial charge in [0.1, 0.15) is 17.3 Å². The lowest BCUT2D eigenvalue weighted by Crippen LogP contribution is -2.06. The minimum Gasteiger partial charge on any atom is -0.497 e. The highest BCUT2D eigenvalue weighted by Gasteiger charge is 2.20. The van der Waals surface area contributed by atoms with Gasteiger partial charge in [-0.1, -0.05) is 12.1 Å². The third-order valence-corrected chi connectivity index (χ3v) is 3.42. The van der Waals surface area contributed by atoms with Gasteiger partial charge in [0.25, 0.3) is 0 Å². The van der Waals surface area contributed by atoms with E-state index in [1.807, 2.05) is 0 Å². The second-order valence-electron chi connectivity index (χ2n) is 4.03. The average Bonchev–Trinajstić information content (AvgIpc) is 2.45. The van der Waals surface area contributed by atoms with Crippen molar-refractivity contribution in [3.63, 3.8) is 0 Å². The van der Waals surface area contributed by atoms with Crippen LogP contribution in [0.25, 0.3) is 0 Å². The van der Waals surface area contributed by atoms with Crippen molar-refractivity contribution in [1.82, 2.24) is 0 Å². The van der Waals surface area contributed by atoms with Gasteiger partial charge in [0.2, 0.25) is 0 Å². The summed E-state index contributed by atoms with van der Waals surface area (Å²) in [6.07, 6.45) is 0. The summed E-state index contributed by atoms with van der Waals surface area (Å²) in [6.45, 7) is 0. The minimum absolute atomic E-state index is 0.258. The van der Waals surface area contributed by atoms with Crippen LogP contribution in [0, 0.1) is 5.82 Å². The van der Waals surface area contributed by atoms with Crippen LogP contribution < -0.4 is 9.47 Å². The quantitative estimate of drug-likeness (QED) is 0.794. The number of carbonyl (C=O) groups is 1. The van der Waals surface area contributed by atoms with Crippen molar-refractivity contribution in [2.24, 2.45) is 0 Å². The van der Waals surface area contributed by atoms with Gasteiger partial charge in [-0.05, 0) is 34.1 Å². The fourth-order valence-corrected chi connectivity index (χ4v) is 2.43. The monoisotopic (exact) mass is 338 g/mol. The molecule has 0 radical (unpaired) electrons. The minimum atomic E-state index is -0.459. The standard InChI is InChI=1S/C15H12BrFO3/c1-19-11-7-12(16)14(13(8-11)20-2)15(18)9-4-3-5-10(17)6-9/h3-8H,1-2H3. The van der Waals surface area contributed by atoms with Gasteiger partial charge in [0, 0.05) is 16.1 Å². The van der Waals surface area contributed by atoms with Crippen molar-refractivity contribution in [3.8, 4) is 11.5 Å². The molecule has 0 spiro atoms. The molecule has 0 aliphatic carbocycles. The van der Waals surface area contributed by atoms with Crippen LogP contribution in [-0.2, 0) is 0 Å². The lowest BCUT2D eigenvalue weighted by atomic mass is 10.0. The highest BCUT2D eigenvalue weighted by Crippen LogP contribution is 2.34. The molecule has 3 nitrogen and oxygen atoms in total. The van der Waals surface area contributed by atoms with E-state index in [0.717, 1.165) is 0 Å². The molecular formula is C15H12BrFO3. The molecule has 0 bridgehead atoms. The zero-order valence-electron chi connectivity index (χ0n) is 10.9. The van der Waals surface area contributed by atoms with Crippen molar-refractivity contribution < 1.29 is 18.7 Å². The lowest BCUT2D eigenvalue weighted by Gasteiger charge is -2.12. The molecule has 20 heavy (non-hydrogen) atoms. The van der Waals surface area contributed by atoms with Crippen molar-refractivity contribution in [1.29, 1.82) is 0 Å². The molecule has 0 saturated heterocycles. The molecule has 0 aromatic heterocycles. The maximum atomic E-state index is 13.2. The molecule has 0 unspecified atom stereocenters. The maximum absolute atomic E-state index is 13.2. The number of benzene rings is 2. The predicted molar refractivity (Wildman–Crippen MR) is 77.1 cm³/mol. The number of methoxy groups -OCH3 is 2. The first-order chi connectivity index (χ1) is 9.56. The Balaban J connectivity index is 2.54. The van der Waals surface area contributed by atoms with E-state index >= 15 is 0 Å². The zero-order valence-corrected chi connectivity index (χ0v) is 12.5. The molecule has 0 saturated carbocycles. The summed E-state index contributed by atoms with van der Waals surface area (Å²) >= 11 is 3.32. The second kappa shape index (κ2) is 6.05. The van der Waals surface area contributed by atoms with Crippen LogP contribution in [0.15, 0.2) is 40.9 Å². The number of ketones is 1. The van der Waals surface area contributed by atoms with Crippen LogP contribution in [0.1, 0.15) is 15.9 Å². The largest absolute Gasteiger partial charge is 0.497 e. The summed E-state index contributed by atoms with van der Waals surface area (Å²) in [4.78, 5) is 12.5. The lowest BCUT2D eigenvalue weighted by molar-refractivity contribution is 0.103. The number of rotatable bonds is 4. The molecule has 2 aromatic rings. The zero-order chi connectivity index (χ0) is 14.7. The molecule has 0 N–H and O–H groups in total. The topological polar surface area (TPSA) is 35.5 Å². The van der Waals surface area contributed by atoms with Gasteiger partial charge in [0.05, 0.1) is 19.8 Å². The third-order valence-electron chi connectivity index (χ3n) is 2.80. The van der Waals surface area contributed by atoms with Crippen molar-refractivity contribution in [2.45, 2.75) is 0 Å². The first kappa shape index (κ1) is 14.5. The predicted octanol–water partition coefficient (Wildman–Crippen LogP) is 3.84. The number of halogens is 2. The molecule has 5 heteroatoms. The second-order valence-corrected chi connectivity index (χ2v) is 4.88. The SMILES string of the molecule is COc1cc(Br)c(C(=O)c2cccc(F)c2)c(OC)c1.